The van der Waals surface area contributed by atoms with Crippen molar-refractivity contribution in [2.24, 2.45) is 5.92 Å². The predicted molar refractivity (Wildman–Crippen MR) is 65.1 cm³/mol. The van der Waals surface area contributed by atoms with Crippen LogP contribution in [0.1, 0.15) is 26.7 Å². The minimum absolute atomic E-state index is 0.133. The highest BCUT2D eigenvalue weighted by Crippen LogP contribution is 2.45. The highest BCUT2D eigenvalue weighted by Gasteiger charge is 2.59. The number of allylic oxidation sites excluding steroid dienone is 3. The number of ether oxygens (including phenoxy) is 1. The SMILES string of the molecule is CCC=CC=CC1CC1(NC)C(=O)OCC. The zero-order chi connectivity index (χ0) is 12.0. The van der Waals surface area contributed by atoms with E-state index in [4.69, 9.17) is 4.74 Å². The molecule has 3 nitrogen and oxygen atoms in total. The number of hydrogen-bond acceptors (Lipinski definition) is 3. The molecule has 0 saturated heterocycles. The van der Waals surface area contributed by atoms with Crippen LogP contribution in [0.4, 0.5) is 0 Å². The molecule has 1 N–H and O–H groups in total. The summed E-state index contributed by atoms with van der Waals surface area (Å²) >= 11 is 0. The van der Waals surface area contributed by atoms with E-state index in [0.717, 1.165) is 12.8 Å². The fourth-order valence-corrected chi connectivity index (χ4v) is 1.82. The molecule has 0 aromatic heterocycles. The zero-order valence-electron chi connectivity index (χ0n) is 10.3. The van der Waals surface area contributed by atoms with E-state index in [0.29, 0.717) is 6.61 Å². The number of carbonyl (C=O) groups excluding carboxylic acids is 1. The average molecular weight is 223 g/mol. The first-order valence-corrected chi connectivity index (χ1v) is 5.90. The molecule has 90 valence electrons. The van der Waals surface area contributed by atoms with Crippen LogP contribution >= 0.6 is 0 Å². The molecule has 16 heavy (non-hydrogen) atoms. The fourth-order valence-electron chi connectivity index (χ4n) is 1.82. The van der Waals surface area contributed by atoms with Crippen molar-refractivity contribution in [3.05, 3.63) is 24.3 Å². The topological polar surface area (TPSA) is 38.3 Å². The second-order valence-electron chi connectivity index (χ2n) is 3.97. The Labute approximate surface area is 97.6 Å². The van der Waals surface area contributed by atoms with Gasteiger partial charge in [-0.25, -0.2) is 0 Å². The summed E-state index contributed by atoms with van der Waals surface area (Å²) in [5.74, 6) is 0.129. The molecule has 2 atom stereocenters. The third kappa shape index (κ3) is 2.73. The number of hydrogen-bond donors (Lipinski definition) is 1. The van der Waals surface area contributed by atoms with Crippen LogP contribution in [-0.2, 0) is 9.53 Å². The summed E-state index contributed by atoms with van der Waals surface area (Å²) in [5, 5.41) is 3.08. The van der Waals surface area contributed by atoms with Crippen LogP contribution in [-0.4, -0.2) is 25.2 Å². The molecular formula is C13H21NO2. The molecule has 0 bridgehead atoms. The molecule has 1 aliphatic rings. The first kappa shape index (κ1) is 13.0. The van der Waals surface area contributed by atoms with E-state index in [1.807, 2.05) is 26.1 Å². The molecule has 3 heteroatoms. The van der Waals surface area contributed by atoms with E-state index in [1.54, 1.807) is 0 Å². The standard InChI is InChI=1S/C13H21NO2/c1-4-6-7-8-9-11-10-13(11,14-3)12(15)16-5-2/h6-9,11,14H,4-5,10H2,1-3H3. The van der Waals surface area contributed by atoms with Gasteiger partial charge in [-0.05, 0) is 26.8 Å². The average Bonchev–Trinajstić information content (AvgIpc) is 3.00. The molecule has 1 rings (SSSR count). The van der Waals surface area contributed by atoms with Crippen molar-refractivity contribution in [3.63, 3.8) is 0 Å². The van der Waals surface area contributed by atoms with Gasteiger partial charge in [0.25, 0.3) is 0 Å². The van der Waals surface area contributed by atoms with Crippen molar-refractivity contribution < 1.29 is 9.53 Å². The van der Waals surface area contributed by atoms with Crippen molar-refractivity contribution in [3.8, 4) is 0 Å². The Hall–Kier alpha value is -1.09. The maximum absolute atomic E-state index is 11.7. The van der Waals surface area contributed by atoms with Gasteiger partial charge >= 0.3 is 5.97 Å². The summed E-state index contributed by atoms with van der Waals surface area (Å²) in [5.41, 5.74) is -0.466. The van der Waals surface area contributed by atoms with Gasteiger partial charge in [-0.3, -0.25) is 4.79 Å². The molecule has 0 radical (unpaired) electrons. The molecule has 0 spiro atoms. The maximum Gasteiger partial charge on any atom is 0.326 e. The lowest BCUT2D eigenvalue weighted by Gasteiger charge is -2.13. The van der Waals surface area contributed by atoms with Crippen LogP contribution in [0.15, 0.2) is 24.3 Å². The van der Waals surface area contributed by atoms with Gasteiger partial charge in [-0.2, -0.15) is 0 Å². The highest BCUT2D eigenvalue weighted by molar-refractivity contribution is 5.85. The molecule has 1 aliphatic carbocycles. The molecule has 0 heterocycles. The molecule has 0 aromatic rings. The smallest absolute Gasteiger partial charge is 0.326 e. The van der Waals surface area contributed by atoms with Gasteiger partial charge in [0.05, 0.1) is 6.61 Å². The van der Waals surface area contributed by atoms with Crippen LogP contribution in [0.3, 0.4) is 0 Å². The fraction of sp³-hybridized carbons (Fsp3) is 0.615. The minimum Gasteiger partial charge on any atom is -0.465 e. The molecule has 0 aliphatic heterocycles. The third-order valence-corrected chi connectivity index (χ3v) is 2.93. The van der Waals surface area contributed by atoms with Crippen LogP contribution in [0.2, 0.25) is 0 Å². The number of esters is 1. The van der Waals surface area contributed by atoms with Crippen molar-refractivity contribution >= 4 is 5.97 Å². The van der Waals surface area contributed by atoms with Crippen LogP contribution in [0.5, 0.6) is 0 Å². The number of carbonyl (C=O) groups is 1. The van der Waals surface area contributed by atoms with Gasteiger partial charge in [0, 0.05) is 5.92 Å². The predicted octanol–water partition coefficient (Wildman–Crippen LogP) is 2.05. The van der Waals surface area contributed by atoms with E-state index in [-0.39, 0.29) is 11.9 Å². The number of likely N-dealkylation sites (N-methyl/N-ethyl adjacent to an activating group) is 1. The first-order valence-electron chi connectivity index (χ1n) is 5.90. The van der Waals surface area contributed by atoms with Gasteiger partial charge in [0.2, 0.25) is 0 Å². The Bertz CT molecular complexity index is 296. The van der Waals surface area contributed by atoms with E-state index in [9.17, 15) is 4.79 Å². The highest BCUT2D eigenvalue weighted by atomic mass is 16.5. The van der Waals surface area contributed by atoms with Gasteiger partial charge in [-0.1, -0.05) is 31.2 Å². The zero-order valence-corrected chi connectivity index (χ0v) is 10.3. The summed E-state index contributed by atoms with van der Waals surface area (Å²) in [6.45, 7) is 4.37. The molecule has 2 unspecified atom stereocenters. The summed E-state index contributed by atoms with van der Waals surface area (Å²) in [7, 11) is 1.81. The Balaban J connectivity index is 2.51. The van der Waals surface area contributed by atoms with E-state index in [1.165, 1.54) is 0 Å². The Morgan fingerprint density at radius 1 is 1.50 bits per heavy atom. The van der Waals surface area contributed by atoms with Crippen molar-refractivity contribution in [1.29, 1.82) is 0 Å². The quantitative estimate of drug-likeness (QED) is 0.553. The molecule has 0 amide bonds. The summed E-state index contributed by atoms with van der Waals surface area (Å²) < 4.78 is 5.06. The summed E-state index contributed by atoms with van der Waals surface area (Å²) in [6.07, 6.45) is 10.0. The number of nitrogens with one attached hydrogen (secondary N) is 1. The summed E-state index contributed by atoms with van der Waals surface area (Å²) in [6, 6.07) is 0. The monoisotopic (exact) mass is 223 g/mol. The van der Waals surface area contributed by atoms with E-state index in [2.05, 4.69) is 24.4 Å². The second kappa shape index (κ2) is 5.85. The Morgan fingerprint density at radius 2 is 2.25 bits per heavy atom. The van der Waals surface area contributed by atoms with Crippen molar-refractivity contribution in [2.75, 3.05) is 13.7 Å². The normalized spacial score (nSPS) is 28.8. The van der Waals surface area contributed by atoms with Gasteiger partial charge < -0.3 is 10.1 Å². The lowest BCUT2D eigenvalue weighted by molar-refractivity contribution is -0.147. The lowest BCUT2D eigenvalue weighted by atomic mass is 10.2. The van der Waals surface area contributed by atoms with Crippen molar-refractivity contribution in [2.45, 2.75) is 32.2 Å². The molecule has 1 saturated carbocycles. The minimum atomic E-state index is -0.466. The van der Waals surface area contributed by atoms with Gasteiger partial charge in [0.1, 0.15) is 5.54 Å². The van der Waals surface area contributed by atoms with E-state index < -0.39 is 5.54 Å². The van der Waals surface area contributed by atoms with Gasteiger partial charge in [0.15, 0.2) is 0 Å². The lowest BCUT2D eigenvalue weighted by Crippen LogP contribution is -2.40. The second-order valence-corrected chi connectivity index (χ2v) is 3.97. The number of rotatable bonds is 6. The maximum atomic E-state index is 11.7. The molecular weight excluding hydrogens is 202 g/mol. The Kier molecular flexibility index (Phi) is 4.74. The van der Waals surface area contributed by atoms with Crippen LogP contribution in [0, 0.1) is 5.92 Å². The molecule has 1 fully saturated rings. The molecule has 0 aromatic carbocycles. The third-order valence-electron chi connectivity index (χ3n) is 2.93. The first-order chi connectivity index (χ1) is 7.71. The Morgan fingerprint density at radius 3 is 2.81 bits per heavy atom. The largest absolute Gasteiger partial charge is 0.465 e. The van der Waals surface area contributed by atoms with Crippen molar-refractivity contribution in [1.82, 2.24) is 5.32 Å². The van der Waals surface area contributed by atoms with Crippen LogP contribution < -0.4 is 5.32 Å². The van der Waals surface area contributed by atoms with Crippen LogP contribution in [0.25, 0.3) is 0 Å². The van der Waals surface area contributed by atoms with Gasteiger partial charge in [-0.15, -0.1) is 0 Å². The summed E-state index contributed by atoms with van der Waals surface area (Å²) in [4.78, 5) is 11.7. The van der Waals surface area contributed by atoms with E-state index >= 15 is 0 Å².